The number of hydrogen-bond donors (Lipinski definition) is 1. The number of hydrogen-bond acceptors (Lipinski definition) is 8. The van der Waals surface area contributed by atoms with Crippen molar-refractivity contribution in [1.82, 2.24) is 14.9 Å². The Bertz CT molecular complexity index is 1310. The van der Waals surface area contributed by atoms with Crippen LogP contribution in [0.2, 0.25) is 0 Å². The molecule has 2 aromatic carbocycles. The molecule has 1 atom stereocenters. The van der Waals surface area contributed by atoms with Crippen LogP contribution < -0.4 is 24.3 Å². The van der Waals surface area contributed by atoms with Crippen LogP contribution in [0.4, 0.5) is 24.7 Å². The monoisotopic (exact) mass is 465 g/mol. The van der Waals surface area contributed by atoms with Gasteiger partial charge in [0, 0.05) is 25.1 Å². The molecule has 3 heterocycles. The fourth-order valence-electron chi connectivity index (χ4n) is 3.95. The summed E-state index contributed by atoms with van der Waals surface area (Å²) in [5, 5.41) is 2.96. The molecule has 33 heavy (non-hydrogen) atoms. The molecule has 0 saturated carbocycles. The minimum absolute atomic E-state index is 0.0117. The number of halogens is 3. The summed E-state index contributed by atoms with van der Waals surface area (Å²) in [6.45, 7) is -0.251. The number of nitrogens with one attached hydrogen (secondary N) is 1. The highest BCUT2D eigenvalue weighted by Gasteiger charge is 2.45. The lowest BCUT2D eigenvalue weighted by Gasteiger charge is -2.36. The SMILES string of the molecule is [2H]C([2H])([2H])Oc1cc(O[C@@H]2CCN(C)CC2(F)F)c2c(Nc3c(F)ccc4c3OCO4)ncnc2c1. The van der Waals surface area contributed by atoms with Gasteiger partial charge < -0.3 is 29.2 Å². The molecule has 0 unspecified atom stereocenters. The molecule has 1 fully saturated rings. The Morgan fingerprint density at radius 1 is 1.27 bits per heavy atom. The zero-order valence-corrected chi connectivity index (χ0v) is 17.4. The molecule has 1 N–H and O–H groups in total. The summed E-state index contributed by atoms with van der Waals surface area (Å²) in [5.74, 6) is -3.72. The van der Waals surface area contributed by atoms with Crippen LogP contribution in [-0.2, 0) is 0 Å². The lowest BCUT2D eigenvalue weighted by Crippen LogP contribution is -2.52. The molecule has 0 aliphatic carbocycles. The number of anilines is 2. The minimum atomic E-state index is -3.19. The van der Waals surface area contributed by atoms with Gasteiger partial charge in [0.15, 0.2) is 23.4 Å². The van der Waals surface area contributed by atoms with E-state index in [1.807, 2.05) is 0 Å². The third kappa shape index (κ3) is 3.92. The van der Waals surface area contributed by atoms with E-state index in [9.17, 15) is 13.2 Å². The standard InChI is InChI=1S/C22H21F3N4O4/c1-29-6-5-17(22(24,25)9-29)33-16-8-12(30-2)7-14-18(16)21(27-10-26-14)28-19-13(23)3-4-15-20(19)32-11-31-15/h3-4,7-8,10,17H,5-6,9,11H2,1-2H3,(H,26,27,28)/t17-/m1/s1/i2D3. The summed E-state index contributed by atoms with van der Waals surface area (Å²) in [6.07, 6.45) is -0.351. The quantitative estimate of drug-likeness (QED) is 0.607. The molecule has 174 valence electrons. The average molecular weight is 465 g/mol. The molecule has 0 amide bonds. The molecule has 1 saturated heterocycles. The number of methoxy groups -OCH3 is 1. The van der Waals surface area contributed by atoms with Crippen molar-refractivity contribution < 1.29 is 36.2 Å². The van der Waals surface area contributed by atoms with Crippen LogP contribution in [0.1, 0.15) is 10.5 Å². The molecule has 2 aliphatic rings. The van der Waals surface area contributed by atoms with Gasteiger partial charge in [0.05, 0.1) is 28.6 Å². The Morgan fingerprint density at radius 3 is 2.97 bits per heavy atom. The highest BCUT2D eigenvalue weighted by molar-refractivity contribution is 5.97. The first-order valence-corrected chi connectivity index (χ1v) is 10.1. The van der Waals surface area contributed by atoms with E-state index in [4.69, 9.17) is 23.1 Å². The second-order valence-corrected chi connectivity index (χ2v) is 7.82. The normalized spacial score (nSPS) is 21.2. The molecular formula is C22H21F3N4O4. The van der Waals surface area contributed by atoms with Crippen LogP contribution in [0.5, 0.6) is 23.0 Å². The lowest BCUT2D eigenvalue weighted by atomic mass is 10.0. The maximum Gasteiger partial charge on any atom is 0.296 e. The number of fused-ring (bicyclic) bond motifs is 2. The molecule has 2 aliphatic heterocycles. The van der Waals surface area contributed by atoms with Crippen molar-refractivity contribution in [3.05, 3.63) is 36.4 Å². The maximum atomic E-state index is 14.8. The van der Waals surface area contributed by atoms with Gasteiger partial charge in [-0.1, -0.05) is 0 Å². The van der Waals surface area contributed by atoms with Crippen LogP contribution in [0.25, 0.3) is 10.9 Å². The maximum absolute atomic E-state index is 14.8. The predicted molar refractivity (Wildman–Crippen MR) is 113 cm³/mol. The van der Waals surface area contributed by atoms with Crippen molar-refractivity contribution in [1.29, 1.82) is 0 Å². The van der Waals surface area contributed by atoms with E-state index < -0.39 is 31.4 Å². The second-order valence-electron chi connectivity index (χ2n) is 7.82. The van der Waals surface area contributed by atoms with Gasteiger partial charge in [0.1, 0.15) is 29.3 Å². The summed E-state index contributed by atoms with van der Waals surface area (Å²) in [7, 11) is -1.22. The van der Waals surface area contributed by atoms with Gasteiger partial charge in [0.2, 0.25) is 6.79 Å². The van der Waals surface area contributed by atoms with Crippen molar-refractivity contribution in [2.75, 3.05) is 39.3 Å². The zero-order chi connectivity index (χ0) is 25.7. The Hall–Kier alpha value is -3.47. The third-order valence-electron chi connectivity index (χ3n) is 5.52. The average Bonchev–Trinajstić information content (AvgIpc) is 3.25. The number of ether oxygens (including phenoxy) is 4. The number of nitrogens with zero attached hydrogens (tertiary/aromatic N) is 3. The van der Waals surface area contributed by atoms with Crippen molar-refractivity contribution in [2.24, 2.45) is 0 Å². The third-order valence-corrected chi connectivity index (χ3v) is 5.52. The van der Waals surface area contributed by atoms with Gasteiger partial charge in [-0.15, -0.1) is 0 Å². The van der Waals surface area contributed by atoms with E-state index in [0.29, 0.717) is 12.3 Å². The molecule has 3 aromatic rings. The fourth-order valence-corrected chi connectivity index (χ4v) is 3.95. The highest BCUT2D eigenvalue weighted by Crippen LogP contribution is 2.44. The number of benzene rings is 2. The number of alkyl halides is 2. The van der Waals surface area contributed by atoms with Gasteiger partial charge in [-0.3, -0.25) is 0 Å². The molecule has 1 aromatic heterocycles. The molecule has 8 nitrogen and oxygen atoms in total. The van der Waals surface area contributed by atoms with Crippen LogP contribution in [-0.4, -0.2) is 60.9 Å². The summed E-state index contributed by atoms with van der Waals surface area (Å²) in [4.78, 5) is 9.78. The molecule has 11 heteroatoms. The Kier molecular flexibility index (Phi) is 4.44. The van der Waals surface area contributed by atoms with Crippen molar-refractivity contribution >= 4 is 22.4 Å². The zero-order valence-electron chi connectivity index (χ0n) is 20.4. The predicted octanol–water partition coefficient (Wildman–Crippen LogP) is 3.97. The van der Waals surface area contributed by atoms with E-state index in [1.165, 1.54) is 29.2 Å². The van der Waals surface area contributed by atoms with E-state index in [-0.39, 0.29) is 52.9 Å². The van der Waals surface area contributed by atoms with E-state index in [2.05, 4.69) is 15.3 Å². The van der Waals surface area contributed by atoms with E-state index in [0.717, 1.165) is 6.33 Å². The van der Waals surface area contributed by atoms with Gasteiger partial charge in [-0.25, -0.2) is 23.1 Å². The number of piperidine rings is 1. The van der Waals surface area contributed by atoms with Crippen molar-refractivity contribution in [3.8, 4) is 23.0 Å². The first-order chi connectivity index (χ1) is 17.0. The Morgan fingerprint density at radius 2 is 2.15 bits per heavy atom. The second kappa shape index (κ2) is 8.14. The van der Waals surface area contributed by atoms with Crippen LogP contribution in [0.3, 0.4) is 0 Å². The van der Waals surface area contributed by atoms with Crippen LogP contribution in [0, 0.1) is 5.82 Å². The van der Waals surface area contributed by atoms with Crippen LogP contribution in [0.15, 0.2) is 30.6 Å². The van der Waals surface area contributed by atoms with Gasteiger partial charge in [-0.05, 0) is 19.2 Å². The number of likely N-dealkylation sites (tertiary alicyclic amines) is 1. The van der Waals surface area contributed by atoms with E-state index in [1.54, 1.807) is 7.05 Å². The molecule has 5 rings (SSSR count). The first-order valence-electron chi connectivity index (χ1n) is 11.6. The summed E-state index contributed by atoms with van der Waals surface area (Å²) in [6, 6.07) is 5.08. The smallest absolute Gasteiger partial charge is 0.296 e. The van der Waals surface area contributed by atoms with Crippen molar-refractivity contribution in [2.45, 2.75) is 18.4 Å². The fraction of sp³-hybridized carbons (Fsp3) is 0.364. The molecule has 0 bridgehead atoms. The van der Waals surface area contributed by atoms with Crippen molar-refractivity contribution in [3.63, 3.8) is 0 Å². The van der Waals surface area contributed by atoms with Gasteiger partial charge >= 0.3 is 0 Å². The lowest BCUT2D eigenvalue weighted by molar-refractivity contribution is -0.134. The summed E-state index contributed by atoms with van der Waals surface area (Å²) in [5.41, 5.74) is 0.0500. The first kappa shape index (κ1) is 18.0. The van der Waals surface area contributed by atoms with Gasteiger partial charge in [0.25, 0.3) is 5.92 Å². The highest BCUT2D eigenvalue weighted by atomic mass is 19.3. The Labute approximate surface area is 191 Å². The number of aromatic nitrogens is 2. The topological polar surface area (TPSA) is 78.0 Å². The van der Waals surface area contributed by atoms with Crippen LogP contribution >= 0.6 is 0 Å². The van der Waals surface area contributed by atoms with Gasteiger partial charge in [-0.2, -0.15) is 0 Å². The molecule has 0 radical (unpaired) electrons. The van der Waals surface area contributed by atoms with E-state index >= 15 is 0 Å². The molecule has 0 spiro atoms. The summed E-state index contributed by atoms with van der Waals surface area (Å²) >= 11 is 0. The minimum Gasteiger partial charge on any atom is -0.497 e. The molecular weight excluding hydrogens is 441 g/mol. The largest absolute Gasteiger partial charge is 0.497 e. The number of rotatable bonds is 5. The summed E-state index contributed by atoms with van der Waals surface area (Å²) < 4.78 is 88.0. The Balaban J connectivity index is 1.61.